The number of para-hydroxylation sites is 1. The van der Waals surface area contributed by atoms with Gasteiger partial charge in [-0.2, -0.15) is 5.26 Å². The van der Waals surface area contributed by atoms with Gasteiger partial charge in [-0.05, 0) is 93.3 Å². The molecule has 1 aliphatic carbocycles. The summed E-state index contributed by atoms with van der Waals surface area (Å²) >= 11 is 2.22. The first-order chi connectivity index (χ1) is 22.0. The summed E-state index contributed by atoms with van der Waals surface area (Å²) < 4.78 is 6.96. The minimum absolute atomic E-state index is 0.206. The van der Waals surface area contributed by atoms with Gasteiger partial charge in [-0.1, -0.05) is 41.7 Å². The number of hydrogen-bond donors (Lipinski definition) is 1. The molecule has 2 aliphatic rings. The van der Waals surface area contributed by atoms with E-state index >= 15 is 0 Å². The number of rotatable bonds is 7. The molecule has 0 bridgehead atoms. The molecule has 1 fully saturated rings. The van der Waals surface area contributed by atoms with Crippen LogP contribution in [0.25, 0.3) is 17.3 Å². The number of nitrogens with zero attached hydrogens (tertiary/aromatic N) is 3. The predicted octanol–water partition coefficient (Wildman–Crippen LogP) is 5.15. The molecule has 1 aliphatic heterocycles. The number of ether oxygens (including phenoxy) is 1. The van der Waals surface area contributed by atoms with Crippen molar-refractivity contribution in [2.45, 2.75) is 51.9 Å². The largest absolute Gasteiger partial charge is 0.462 e. The van der Waals surface area contributed by atoms with Gasteiger partial charge in [0.05, 0.1) is 12.2 Å². The van der Waals surface area contributed by atoms with Crippen molar-refractivity contribution in [3.63, 3.8) is 0 Å². The standard InChI is InChI=1S/C35H34N4O4S2/c1-2-43-34(41)30-26-13-7-8-14-29(26)44-32(30)37-31(40)27(22-36)33-39(25-11-5-3-6-12-25)28(35(42)45-33)21-23-15-17-24(18-16-23)38-19-9-4-10-20-38/h3,5-6,11-12,15-18,21H,2,4,7-10,13-14,19-20H2,1H3,(H,37,40)/b28-21-,33-27-. The Labute approximate surface area is 269 Å². The number of fused-ring (bicyclic) bond motifs is 1. The Bertz CT molecular complexity index is 1940. The molecule has 8 nitrogen and oxygen atoms in total. The second-order valence-corrected chi connectivity index (χ2v) is 13.2. The second-order valence-electron chi connectivity index (χ2n) is 11.1. The molecule has 1 saturated heterocycles. The van der Waals surface area contributed by atoms with Gasteiger partial charge < -0.3 is 15.0 Å². The van der Waals surface area contributed by atoms with Crippen LogP contribution in [0.4, 0.5) is 10.7 Å². The van der Waals surface area contributed by atoms with E-state index in [1.165, 1.54) is 30.6 Å². The number of nitrogens with one attached hydrogen (secondary N) is 1. The van der Waals surface area contributed by atoms with Gasteiger partial charge in [-0.3, -0.25) is 14.2 Å². The first-order valence-electron chi connectivity index (χ1n) is 15.4. The van der Waals surface area contributed by atoms with Gasteiger partial charge in [-0.15, -0.1) is 11.3 Å². The number of amides is 1. The molecule has 0 saturated carbocycles. The lowest BCUT2D eigenvalue weighted by Gasteiger charge is -2.28. The van der Waals surface area contributed by atoms with E-state index in [1.807, 2.05) is 42.5 Å². The highest BCUT2D eigenvalue weighted by Crippen LogP contribution is 2.38. The van der Waals surface area contributed by atoms with Crippen LogP contribution in [-0.4, -0.2) is 36.1 Å². The lowest BCUT2D eigenvalue weighted by atomic mass is 9.95. The van der Waals surface area contributed by atoms with Gasteiger partial charge in [0.2, 0.25) is 0 Å². The second kappa shape index (κ2) is 13.7. The molecule has 1 amide bonds. The van der Waals surface area contributed by atoms with Crippen molar-refractivity contribution in [1.82, 2.24) is 4.57 Å². The van der Waals surface area contributed by atoms with Crippen LogP contribution in [0.5, 0.6) is 0 Å². The number of carbonyl (C=O) groups excluding carboxylic acids is 2. The van der Waals surface area contributed by atoms with E-state index in [0.717, 1.165) is 71.8 Å². The van der Waals surface area contributed by atoms with Crippen molar-refractivity contribution < 1.29 is 14.3 Å². The molecule has 2 aromatic heterocycles. The van der Waals surface area contributed by atoms with Gasteiger partial charge >= 0.3 is 5.97 Å². The molecule has 6 rings (SSSR count). The van der Waals surface area contributed by atoms with Crippen LogP contribution >= 0.6 is 22.7 Å². The van der Waals surface area contributed by atoms with Crippen molar-refractivity contribution in [3.8, 4) is 11.8 Å². The van der Waals surface area contributed by atoms with Gasteiger partial charge in [0, 0.05) is 29.3 Å². The van der Waals surface area contributed by atoms with Crippen molar-refractivity contribution >= 4 is 56.9 Å². The number of nitriles is 1. The number of thiazole rings is 1. The number of aryl methyl sites for hydroxylation is 1. The molecule has 10 heteroatoms. The summed E-state index contributed by atoms with van der Waals surface area (Å²) in [6.07, 6.45) is 8.97. The van der Waals surface area contributed by atoms with Crippen LogP contribution < -0.4 is 25.0 Å². The summed E-state index contributed by atoms with van der Waals surface area (Å²) in [5.74, 6) is -1.16. The number of benzene rings is 2. The highest BCUT2D eigenvalue weighted by molar-refractivity contribution is 7.17. The Balaban J connectivity index is 1.45. The van der Waals surface area contributed by atoms with Crippen LogP contribution in [-0.2, 0) is 22.4 Å². The first-order valence-corrected chi connectivity index (χ1v) is 17.0. The molecule has 0 spiro atoms. The molecule has 230 valence electrons. The SMILES string of the molecule is CCOC(=O)c1c(NC(=O)/C(C#N)=c2\sc(=O)/c(=C/c3ccc(N4CCCCC4)cc3)n2-c2ccccc2)sc2c1CCCC2. The minimum atomic E-state index is -0.676. The van der Waals surface area contributed by atoms with Gasteiger partial charge in [0.15, 0.2) is 5.57 Å². The summed E-state index contributed by atoms with van der Waals surface area (Å²) in [4.78, 5) is 43.8. The lowest BCUT2D eigenvalue weighted by Crippen LogP contribution is -2.33. The summed E-state index contributed by atoms with van der Waals surface area (Å²) in [7, 11) is 0. The number of esters is 1. The van der Waals surface area contributed by atoms with E-state index in [9.17, 15) is 19.6 Å². The fourth-order valence-electron chi connectivity index (χ4n) is 6.03. The number of aromatic nitrogens is 1. The molecule has 0 radical (unpaired) electrons. The zero-order valence-corrected chi connectivity index (χ0v) is 26.8. The Morgan fingerprint density at radius 1 is 0.956 bits per heavy atom. The van der Waals surface area contributed by atoms with E-state index in [2.05, 4.69) is 28.4 Å². The zero-order chi connectivity index (χ0) is 31.3. The molecular weight excluding hydrogens is 605 g/mol. The summed E-state index contributed by atoms with van der Waals surface area (Å²) in [6, 6.07) is 19.4. The maximum Gasteiger partial charge on any atom is 0.341 e. The van der Waals surface area contributed by atoms with Crippen molar-refractivity contribution in [2.24, 2.45) is 0 Å². The van der Waals surface area contributed by atoms with Gasteiger partial charge in [0.1, 0.15) is 21.1 Å². The number of piperidine rings is 1. The predicted molar refractivity (Wildman–Crippen MR) is 180 cm³/mol. The number of anilines is 2. The summed E-state index contributed by atoms with van der Waals surface area (Å²) in [5, 5.41) is 13.9. The molecule has 0 atom stereocenters. The Kier molecular flexibility index (Phi) is 9.29. The molecule has 0 unspecified atom stereocenters. The fraction of sp³-hybridized carbons (Fsp3) is 0.314. The van der Waals surface area contributed by atoms with Crippen molar-refractivity contribution in [3.05, 3.63) is 95.7 Å². The molecule has 3 heterocycles. The van der Waals surface area contributed by atoms with E-state index in [-0.39, 0.29) is 21.6 Å². The Morgan fingerprint density at radius 2 is 1.69 bits per heavy atom. The Morgan fingerprint density at radius 3 is 2.40 bits per heavy atom. The average molecular weight is 639 g/mol. The maximum atomic E-state index is 13.8. The van der Waals surface area contributed by atoms with E-state index in [4.69, 9.17) is 4.74 Å². The van der Waals surface area contributed by atoms with E-state index in [1.54, 1.807) is 17.6 Å². The first kappa shape index (κ1) is 30.6. The average Bonchev–Trinajstić information content (AvgIpc) is 3.59. The third-order valence-corrected chi connectivity index (χ3v) is 10.4. The quantitative estimate of drug-likeness (QED) is 0.281. The normalized spacial score (nSPS) is 15.6. The summed E-state index contributed by atoms with van der Waals surface area (Å²) in [5.41, 5.74) is 3.73. The van der Waals surface area contributed by atoms with Crippen LogP contribution in [0.1, 0.15) is 65.4 Å². The molecule has 4 aromatic rings. The van der Waals surface area contributed by atoms with Crippen LogP contribution in [0.2, 0.25) is 0 Å². The number of hydrogen-bond acceptors (Lipinski definition) is 8. The van der Waals surface area contributed by atoms with E-state index in [0.29, 0.717) is 21.6 Å². The Hall–Kier alpha value is -4.46. The topological polar surface area (TPSA) is 104 Å². The summed E-state index contributed by atoms with van der Waals surface area (Å²) in [6.45, 7) is 4.04. The molecular formula is C35H34N4O4S2. The third kappa shape index (κ3) is 6.37. The number of carbonyl (C=O) groups is 2. The minimum Gasteiger partial charge on any atom is -0.462 e. The monoisotopic (exact) mass is 638 g/mol. The van der Waals surface area contributed by atoms with Crippen molar-refractivity contribution in [2.75, 3.05) is 29.9 Å². The third-order valence-electron chi connectivity index (χ3n) is 8.21. The number of thiophene rings is 1. The van der Waals surface area contributed by atoms with E-state index < -0.39 is 11.9 Å². The van der Waals surface area contributed by atoms with Crippen LogP contribution in [0.15, 0.2) is 59.4 Å². The van der Waals surface area contributed by atoms with Crippen molar-refractivity contribution in [1.29, 1.82) is 5.26 Å². The molecule has 1 N–H and O–H groups in total. The fourth-order valence-corrected chi connectivity index (χ4v) is 8.27. The maximum absolute atomic E-state index is 13.8. The van der Waals surface area contributed by atoms with Gasteiger partial charge in [-0.25, -0.2) is 4.79 Å². The zero-order valence-electron chi connectivity index (χ0n) is 25.1. The highest BCUT2D eigenvalue weighted by Gasteiger charge is 2.28. The smallest absolute Gasteiger partial charge is 0.341 e. The molecule has 2 aromatic carbocycles. The molecule has 45 heavy (non-hydrogen) atoms. The van der Waals surface area contributed by atoms with Gasteiger partial charge in [0.25, 0.3) is 10.6 Å². The lowest BCUT2D eigenvalue weighted by molar-refractivity contribution is -0.111. The highest BCUT2D eigenvalue weighted by atomic mass is 32.1. The van der Waals surface area contributed by atoms with Crippen LogP contribution in [0.3, 0.4) is 0 Å². The van der Waals surface area contributed by atoms with Crippen LogP contribution in [0, 0.1) is 11.3 Å².